The highest BCUT2D eigenvalue weighted by Gasteiger charge is 2.39. The van der Waals surface area contributed by atoms with Crippen molar-refractivity contribution in [2.75, 3.05) is 38.1 Å². The fraction of sp³-hybridized carbons (Fsp3) is 0.786. The maximum atomic E-state index is 11.5. The van der Waals surface area contributed by atoms with Gasteiger partial charge in [-0.05, 0) is 25.0 Å². The summed E-state index contributed by atoms with van der Waals surface area (Å²) in [6.45, 7) is 9.15. The molecule has 0 spiro atoms. The maximum Gasteiger partial charge on any atom is 0.310 e. The summed E-state index contributed by atoms with van der Waals surface area (Å²) >= 11 is 0. The molecule has 0 amide bonds. The van der Waals surface area contributed by atoms with Crippen LogP contribution in [0.2, 0.25) is 0 Å². The van der Waals surface area contributed by atoms with Crippen LogP contribution in [0.5, 0.6) is 0 Å². The summed E-state index contributed by atoms with van der Waals surface area (Å²) < 4.78 is 5.26. The van der Waals surface area contributed by atoms with Gasteiger partial charge in [0.1, 0.15) is 0 Å². The number of aromatic nitrogens is 2. The monoisotopic (exact) mass is 296 g/mol. The molecule has 1 atom stereocenters. The van der Waals surface area contributed by atoms with Gasteiger partial charge in [0.05, 0.1) is 5.41 Å². The minimum absolute atomic E-state index is 0.0195. The van der Waals surface area contributed by atoms with Gasteiger partial charge in [0, 0.05) is 32.6 Å². The Morgan fingerprint density at radius 3 is 2.52 bits per heavy atom. The van der Waals surface area contributed by atoms with Gasteiger partial charge in [0.2, 0.25) is 5.89 Å². The Hall–Kier alpha value is -1.63. The summed E-state index contributed by atoms with van der Waals surface area (Å²) in [4.78, 5) is 20.2. The van der Waals surface area contributed by atoms with E-state index in [2.05, 4.69) is 27.0 Å². The number of rotatable bonds is 5. The maximum absolute atomic E-state index is 11.5. The zero-order chi connectivity index (χ0) is 15.6. The minimum Gasteiger partial charge on any atom is -0.481 e. The summed E-state index contributed by atoms with van der Waals surface area (Å²) in [7, 11) is 2.08. The fourth-order valence-corrected chi connectivity index (χ4v) is 2.29. The van der Waals surface area contributed by atoms with Gasteiger partial charge in [-0.3, -0.25) is 4.79 Å². The Balaban J connectivity index is 2.08. The molecule has 0 radical (unpaired) electrons. The standard InChI is InChI=1S/C14H24N4O3/c1-10(2)14(3,12(19)20)9-11-15-13(16-21-11)18-7-5-17(4)6-8-18/h10H,5-9H2,1-4H3,(H,19,20). The molecular weight excluding hydrogens is 272 g/mol. The Morgan fingerprint density at radius 1 is 1.38 bits per heavy atom. The average Bonchev–Trinajstić information content (AvgIpc) is 2.87. The van der Waals surface area contributed by atoms with Crippen molar-refractivity contribution < 1.29 is 14.4 Å². The summed E-state index contributed by atoms with van der Waals surface area (Å²) in [5.41, 5.74) is -0.897. The molecular formula is C14H24N4O3. The van der Waals surface area contributed by atoms with Crippen LogP contribution in [0.4, 0.5) is 5.95 Å². The Bertz CT molecular complexity index is 494. The highest BCUT2D eigenvalue weighted by atomic mass is 16.5. The number of hydrogen-bond acceptors (Lipinski definition) is 6. The molecule has 1 fully saturated rings. The molecule has 7 nitrogen and oxygen atoms in total. The number of piperazine rings is 1. The van der Waals surface area contributed by atoms with E-state index in [-0.39, 0.29) is 12.3 Å². The lowest BCUT2D eigenvalue weighted by Gasteiger charge is -2.31. The quantitative estimate of drug-likeness (QED) is 0.871. The molecule has 7 heteroatoms. The molecule has 1 saturated heterocycles. The van der Waals surface area contributed by atoms with Crippen molar-refractivity contribution >= 4 is 11.9 Å². The Labute approximate surface area is 124 Å². The molecule has 1 unspecified atom stereocenters. The molecule has 0 aliphatic carbocycles. The van der Waals surface area contributed by atoms with Crippen LogP contribution in [-0.4, -0.2) is 59.3 Å². The zero-order valence-electron chi connectivity index (χ0n) is 13.2. The largest absolute Gasteiger partial charge is 0.481 e. The van der Waals surface area contributed by atoms with Crippen molar-refractivity contribution in [2.24, 2.45) is 11.3 Å². The van der Waals surface area contributed by atoms with Crippen LogP contribution in [0.25, 0.3) is 0 Å². The molecule has 1 aromatic rings. The smallest absolute Gasteiger partial charge is 0.310 e. The summed E-state index contributed by atoms with van der Waals surface area (Å²) in [6.07, 6.45) is 0.251. The van der Waals surface area contributed by atoms with E-state index in [0.717, 1.165) is 26.2 Å². The number of likely N-dealkylation sites (N-methyl/N-ethyl adjacent to an activating group) is 1. The van der Waals surface area contributed by atoms with E-state index in [1.54, 1.807) is 6.92 Å². The van der Waals surface area contributed by atoms with Gasteiger partial charge in [-0.25, -0.2) is 0 Å². The van der Waals surface area contributed by atoms with E-state index in [0.29, 0.717) is 11.8 Å². The Kier molecular flexibility index (Phi) is 4.51. The number of aliphatic carboxylic acids is 1. The molecule has 1 aliphatic heterocycles. The van der Waals surface area contributed by atoms with E-state index >= 15 is 0 Å². The summed E-state index contributed by atoms with van der Waals surface area (Å²) in [5.74, 6) is 0.1000. The molecule has 0 saturated carbocycles. The molecule has 1 aliphatic rings. The van der Waals surface area contributed by atoms with Crippen LogP contribution in [0.3, 0.4) is 0 Å². The lowest BCUT2D eigenvalue weighted by atomic mass is 9.76. The van der Waals surface area contributed by atoms with E-state index in [9.17, 15) is 9.90 Å². The third kappa shape index (κ3) is 3.34. The number of carbonyl (C=O) groups is 1. The molecule has 0 aromatic carbocycles. The molecule has 0 bridgehead atoms. The van der Waals surface area contributed by atoms with Gasteiger partial charge < -0.3 is 19.4 Å². The highest BCUT2D eigenvalue weighted by molar-refractivity contribution is 5.74. The van der Waals surface area contributed by atoms with Gasteiger partial charge >= 0.3 is 5.97 Å². The first-order valence-electron chi connectivity index (χ1n) is 7.32. The molecule has 21 heavy (non-hydrogen) atoms. The van der Waals surface area contributed by atoms with Gasteiger partial charge in [-0.15, -0.1) is 0 Å². The van der Waals surface area contributed by atoms with Crippen molar-refractivity contribution in [3.8, 4) is 0 Å². The third-order valence-corrected chi connectivity index (χ3v) is 4.52. The van der Waals surface area contributed by atoms with Crippen LogP contribution < -0.4 is 4.90 Å². The SMILES string of the molecule is CC(C)C(C)(Cc1nc(N2CCN(C)CC2)no1)C(=O)O. The lowest BCUT2D eigenvalue weighted by Crippen LogP contribution is -2.45. The van der Waals surface area contributed by atoms with Crippen LogP contribution >= 0.6 is 0 Å². The van der Waals surface area contributed by atoms with E-state index in [4.69, 9.17) is 4.52 Å². The second kappa shape index (κ2) is 6.01. The van der Waals surface area contributed by atoms with Crippen molar-refractivity contribution in [1.82, 2.24) is 15.0 Å². The second-order valence-electron chi connectivity index (χ2n) is 6.33. The predicted molar refractivity (Wildman–Crippen MR) is 78.3 cm³/mol. The second-order valence-corrected chi connectivity index (χ2v) is 6.33. The third-order valence-electron chi connectivity index (χ3n) is 4.52. The highest BCUT2D eigenvalue weighted by Crippen LogP contribution is 2.31. The van der Waals surface area contributed by atoms with E-state index < -0.39 is 11.4 Å². The molecule has 2 rings (SSSR count). The van der Waals surface area contributed by atoms with E-state index in [1.807, 2.05) is 13.8 Å². The average molecular weight is 296 g/mol. The first-order valence-corrected chi connectivity index (χ1v) is 7.32. The minimum atomic E-state index is -0.897. The van der Waals surface area contributed by atoms with Crippen molar-refractivity contribution in [2.45, 2.75) is 27.2 Å². The van der Waals surface area contributed by atoms with Crippen LogP contribution in [0.1, 0.15) is 26.7 Å². The summed E-state index contributed by atoms with van der Waals surface area (Å²) in [5, 5.41) is 13.4. The first kappa shape index (κ1) is 15.8. The van der Waals surface area contributed by atoms with Gasteiger partial charge in [0.15, 0.2) is 0 Å². The Morgan fingerprint density at radius 2 is 2.00 bits per heavy atom. The number of carboxylic acids is 1. The van der Waals surface area contributed by atoms with Gasteiger partial charge in [-0.1, -0.05) is 13.8 Å². The molecule has 2 heterocycles. The van der Waals surface area contributed by atoms with Crippen molar-refractivity contribution in [3.63, 3.8) is 0 Å². The summed E-state index contributed by atoms with van der Waals surface area (Å²) in [6, 6.07) is 0. The lowest BCUT2D eigenvalue weighted by molar-refractivity contribution is -0.150. The molecule has 1 N–H and O–H groups in total. The van der Waals surface area contributed by atoms with Crippen LogP contribution in [0, 0.1) is 11.3 Å². The predicted octanol–water partition coefficient (Wildman–Crippen LogP) is 1.11. The van der Waals surface area contributed by atoms with Crippen LogP contribution in [0.15, 0.2) is 4.52 Å². The number of nitrogens with zero attached hydrogens (tertiary/aromatic N) is 4. The zero-order valence-corrected chi connectivity index (χ0v) is 13.2. The van der Waals surface area contributed by atoms with Crippen molar-refractivity contribution in [1.29, 1.82) is 0 Å². The molecule has 1 aromatic heterocycles. The normalized spacial score (nSPS) is 19.8. The topological polar surface area (TPSA) is 82.7 Å². The van der Waals surface area contributed by atoms with E-state index in [1.165, 1.54) is 0 Å². The van der Waals surface area contributed by atoms with Crippen molar-refractivity contribution in [3.05, 3.63) is 5.89 Å². The number of carboxylic acid groups (broad SMARTS) is 1. The number of anilines is 1. The number of hydrogen-bond donors (Lipinski definition) is 1. The van der Waals surface area contributed by atoms with Gasteiger partial charge in [0.25, 0.3) is 5.95 Å². The first-order chi connectivity index (χ1) is 9.83. The molecule has 118 valence electrons. The van der Waals surface area contributed by atoms with Crippen LogP contribution in [-0.2, 0) is 11.2 Å². The van der Waals surface area contributed by atoms with Gasteiger partial charge in [-0.2, -0.15) is 4.98 Å². The fourth-order valence-electron chi connectivity index (χ4n) is 2.29.